The summed E-state index contributed by atoms with van der Waals surface area (Å²) in [5, 5.41) is 0. The minimum absolute atomic E-state index is 0.00431. The third-order valence-electron chi connectivity index (χ3n) is 4.93. The number of hydrogen-bond acceptors (Lipinski definition) is 1. The molecule has 0 aliphatic heterocycles. The van der Waals surface area contributed by atoms with E-state index in [0.29, 0.717) is 5.78 Å². The van der Waals surface area contributed by atoms with Gasteiger partial charge in [-0.3, -0.25) is 4.79 Å². The summed E-state index contributed by atoms with van der Waals surface area (Å²) < 4.78 is 0. The predicted octanol–water partition coefficient (Wildman–Crippen LogP) is 2.79. The summed E-state index contributed by atoms with van der Waals surface area (Å²) in [7, 11) is 0. The largest absolute Gasteiger partial charge is 0.298 e. The highest BCUT2D eigenvalue weighted by Gasteiger charge is 2.73. The van der Waals surface area contributed by atoms with Crippen LogP contribution in [0.5, 0.6) is 0 Å². The van der Waals surface area contributed by atoms with Crippen molar-refractivity contribution >= 4 is 5.78 Å². The summed E-state index contributed by atoms with van der Waals surface area (Å²) in [4.78, 5) is 12.2. The molecule has 1 nitrogen and oxygen atoms in total. The van der Waals surface area contributed by atoms with Gasteiger partial charge in [0.2, 0.25) is 0 Å². The number of rotatable bonds is 0. The van der Waals surface area contributed by atoms with E-state index in [1.807, 2.05) is 0 Å². The van der Waals surface area contributed by atoms with Crippen LogP contribution in [-0.2, 0) is 4.79 Å². The smallest absolute Gasteiger partial charge is 0.145 e. The molecule has 3 aliphatic carbocycles. The molecule has 72 valence electrons. The van der Waals surface area contributed by atoms with Crippen molar-refractivity contribution in [3.05, 3.63) is 0 Å². The molecule has 0 radical (unpaired) electrons. The Balaban J connectivity index is 1.93. The normalized spacial score (nSPS) is 51.4. The Morgan fingerprint density at radius 3 is 2.23 bits per heavy atom. The first-order chi connectivity index (χ1) is 6.09. The van der Waals surface area contributed by atoms with E-state index >= 15 is 0 Å². The van der Waals surface area contributed by atoms with Crippen molar-refractivity contribution in [2.24, 2.45) is 22.7 Å². The van der Waals surface area contributed by atoms with Gasteiger partial charge >= 0.3 is 0 Å². The standard InChI is InChI=1S/C12H18O/c1-11(2)6-7-12(10(11)13)8-4-3-5-9(8)12/h8-9H,3-7H2,1-2H3. The molecule has 0 aromatic carbocycles. The highest BCUT2D eigenvalue weighted by molar-refractivity contribution is 5.95. The summed E-state index contributed by atoms with van der Waals surface area (Å²) in [6.45, 7) is 4.27. The molecule has 0 aromatic heterocycles. The maximum atomic E-state index is 12.2. The highest BCUT2D eigenvalue weighted by Crippen LogP contribution is 2.74. The Kier molecular flexibility index (Phi) is 1.24. The Hall–Kier alpha value is -0.330. The molecule has 0 aromatic rings. The van der Waals surface area contributed by atoms with E-state index < -0.39 is 0 Å². The molecule has 13 heavy (non-hydrogen) atoms. The van der Waals surface area contributed by atoms with Crippen molar-refractivity contribution < 1.29 is 4.79 Å². The molecular formula is C12H18O. The highest BCUT2D eigenvalue weighted by atomic mass is 16.1. The molecule has 1 spiro atoms. The van der Waals surface area contributed by atoms with Gasteiger partial charge in [0.1, 0.15) is 5.78 Å². The summed E-state index contributed by atoms with van der Waals surface area (Å²) in [5.74, 6) is 2.22. The van der Waals surface area contributed by atoms with Gasteiger partial charge in [0, 0.05) is 10.8 Å². The van der Waals surface area contributed by atoms with Gasteiger partial charge in [-0.05, 0) is 37.5 Å². The van der Waals surface area contributed by atoms with E-state index in [-0.39, 0.29) is 10.8 Å². The molecule has 2 unspecified atom stereocenters. The van der Waals surface area contributed by atoms with Crippen molar-refractivity contribution in [2.45, 2.75) is 46.0 Å². The van der Waals surface area contributed by atoms with Crippen molar-refractivity contribution in [2.75, 3.05) is 0 Å². The first-order valence-corrected chi connectivity index (χ1v) is 5.64. The van der Waals surface area contributed by atoms with Crippen LogP contribution >= 0.6 is 0 Å². The first-order valence-electron chi connectivity index (χ1n) is 5.64. The number of hydrogen-bond donors (Lipinski definition) is 0. The van der Waals surface area contributed by atoms with Crippen molar-refractivity contribution in [1.82, 2.24) is 0 Å². The van der Waals surface area contributed by atoms with E-state index in [4.69, 9.17) is 0 Å². The molecule has 3 saturated carbocycles. The van der Waals surface area contributed by atoms with Crippen molar-refractivity contribution in [1.29, 1.82) is 0 Å². The fourth-order valence-corrected chi connectivity index (χ4v) is 4.16. The van der Waals surface area contributed by atoms with Gasteiger partial charge in [0.25, 0.3) is 0 Å². The SMILES string of the molecule is CC1(C)CCC2(C1=O)C1CCCC12. The lowest BCUT2D eigenvalue weighted by Gasteiger charge is -2.17. The van der Waals surface area contributed by atoms with Crippen LogP contribution in [0.25, 0.3) is 0 Å². The fraction of sp³-hybridized carbons (Fsp3) is 0.917. The third kappa shape index (κ3) is 0.730. The molecule has 2 atom stereocenters. The van der Waals surface area contributed by atoms with Gasteiger partial charge in [-0.1, -0.05) is 20.3 Å². The van der Waals surface area contributed by atoms with E-state index in [0.717, 1.165) is 18.3 Å². The lowest BCUT2D eigenvalue weighted by atomic mass is 9.85. The van der Waals surface area contributed by atoms with Crippen LogP contribution in [0.15, 0.2) is 0 Å². The summed E-state index contributed by atoms with van der Waals surface area (Å²) in [5.41, 5.74) is 0.214. The van der Waals surface area contributed by atoms with Gasteiger partial charge in [-0.15, -0.1) is 0 Å². The van der Waals surface area contributed by atoms with Crippen molar-refractivity contribution in [3.8, 4) is 0 Å². The molecule has 1 heteroatoms. The van der Waals surface area contributed by atoms with Gasteiger partial charge in [0.15, 0.2) is 0 Å². The van der Waals surface area contributed by atoms with Gasteiger partial charge < -0.3 is 0 Å². The number of carbonyl (C=O) groups is 1. The lowest BCUT2D eigenvalue weighted by molar-refractivity contribution is -0.129. The second-order valence-electron chi connectivity index (χ2n) is 5.90. The van der Waals surface area contributed by atoms with Crippen LogP contribution in [0.3, 0.4) is 0 Å². The minimum atomic E-state index is 0.00431. The molecule has 3 aliphatic rings. The van der Waals surface area contributed by atoms with Crippen LogP contribution in [0, 0.1) is 22.7 Å². The van der Waals surface area contributed by atoms with Gasteiger partial charge in [-0.2, -0.15) is 0 Å². The molecular weight excluding hydrogens is 160 g/mol. The monoisotopic (exact) mass is 178 g/mol. The second-order valence-corrected chi connectivity index (χ2v) is 5.90. The zero-order chi connectivity index (χ0) is 9.27. The van der Waals surface area contributed by atoms with Crippen LogP contribution in [0.4, 0.5) is 0 Å². The van der Waals surface area contributed by atoms with Crippen LogP contribution < -0.4 is 0 Å². The second kappa shape index (κ2) is 2.02. The zero-order valence-corrected chi connectivity index (χ0v) is 8.60. The Morgan fingerprint density at radius 1 is 1.15 bits per heavy atom. The Morgan fingerprint density at radius 2 is 1.77 bits per heavy atom. The lowest BCUT2D eigenvalue weighted by Crippen LogP contribution is -2.25. The summed E-state index contributed by atoms with van der Waals surface area (Å²) in [6, 6.07) is 0. The molecule has 0 heterocycles. The van der Waals surface area contributed by atoms with E-state index in [2.05, 4.69) is 13.8 Å². The van der Waals surface area contributed by atoms with E-state index in [9.17, 15) is 4.79 Å². The average molecular weight is 178 g/mol. The molecule has 0 saturated heterocycles. The maximum Gasteiger partial charge on any atom is 0.145 e. The van der Waals surface area contributed by atoms with Gasteiger partial charge in [-0.25, -0.2) is 0 Å². The quantitative estimate of drug-likeness (QED) is 0.557. The number of Topliss-reactive ketones (excluding diaryl/α,β-unsaturated/α-hetero) is 1. The molecule has 0 bridgehead atoms. The average Bonchev–Trinajstić information content (AvgIpc) is 2.48. The molecule has 3 fully saturated rings. The van der Waals surface area contributed by atoms with Gasteiger partial charge in [0.05, 0.1) is 0 Å². The van der Waals surface area contributed by atoms with Crippen LogP contribution in [0.1, 0.15) is 46.0 Å². The number of fused-ring (bicyclic) bond motifs is 3. The number of carbonyl (C=O) groups excluding carboxylic acids is 1. The topological polar surface area (TPSA) is 17.1 Å². The van der Waals surface area contributed by atoms with E-state index in [1.165, 1.54) is 25.7 Å². The van der Waals surface area contributed by atoms with E-state index in [1.54, 1.807) is 0 Å². The van der Waals surface area contributed by atoms with Crippen molar-refractivity contribution in [3.63, 3.8) is 0 Å². The fourth-order valence-electron chi connectivity index (χ4n) is 4.16. The first kappa shape index (κ1) is 8.02. The van der Waals surface area contributed by atoms with Crippen LogP contribution in [0.2, 0.25) is 0 Å². The molecule has 3 rings (SSSR count). The minimum Gasteiger partial charge on any atom is -0.298 e. The third-order valence-corrected chi connectivity index (χ3v) is 4.93. The molecule has 0 amide bonds. The summed E-state index contributed by atoms with van der Waals surface area (Å²) >= 11 is 0. The maximum absolute atomic E-state index is 12.2. The summed E-state index contributed by atoms with van der Waals surface area (Å²) in [6.07, 6.45) is 6.40. The Labute approximate surface area is 79.9 Å². The predicted molar refractivity (Wildman–Crippen MR) is 51.3 cm³/mol. The Bertz CT molecular complexity index is 267. The molecule has 0 N–H and O–H groups in total. The van der Waals surface area contributed by atoms with Crippen LogP contribution in [-0.4, -0.2) is 5.78 Å². The zero-order valence-electron chi connectivity index (χ0n) is 8.60. The number of ketones is 1.